The highest BCUT2D eigenvalue weighted by Crippen LogP contribution is 2.31. The summed E-state index contributed by atoms with van der Waals surface area (Å²) in [6.45, 7) is 4.36. The van der Waals surface area contributed by atoms with Crippen LogP contribution in [-0.2, 0) is 14.3 Å². The van der Waals surface area contributed by atoms with Crippen LogP contribution in [0, 0.1) is 11.8 Å². The van der Waals surface area contributed by atoms with Crippen molar-refractivity contribution in [2.24, 2.45) is 11.8 Å². The molecule has 1 saturated carbocycles. The molecule has 110 valence electrons. The van der Waals surface area contributed by atoms with E-state index in [0.717, 1.165) is 38.0 Å². The van der Waals surface area contributed by atoms with Crippen molar-refractivity contribution in [3.63, 3.8) is 0 Å². The molecular formula is C16H28O3. The summed E-state index contributed by atoms with van der Waals surface area (Å²) < 4.78 is 5.33. The number of carbonyl (C=O) groups is 2. The van der Waals surface area contributed by atoms with Crippen molar-refractivity contribution in [2.45, 2.75) is 71.6 Å². The van der Waals surface area contributed by atoms with Gasteiger partial charge in [0.1, 0.15) is 5.78 Å². The van der Waals surface area contributed by atoms with Gasteiger partial charge in [-0.05, 0) is 57.8 Å². The molecule has 0 aliphatic heterocycles. The molecule has 0 spiro atoms. The molecule has 0 atom stereocenters. The number of hydrogen-bond donors (Lipinski definition) is 0. The van der Waals surface area contributed by atoms with Crippen LogP contribution < -0.4 is 0 Å². The molecule has 0 amide bonds. The number of ether oxygens (including phenoxy) is 1. The summed E-state index contributed by atoms with van der Waals surface area (Å²) in [7, 11) is 0. The van der Waals surface area contributed by atoms with Crippen LogP contribution in [0.2, 0.25) is 0 Å². The smallest absolute Gasteiger partial charge is 0.308 e. The third-order valence-electron chi connectivity index (χ3n) is 4.17. The molecule has 1 aliphatic carbocycles. The van der Waals surface area contributed by atoms with E-state index in [1.165, 1.54) is 19.3 Å². The molecule has 0 aromatic rings. The van der Waals surface area contributed by atoms with E-state index in [1.807, 2.05) is 0 Å². The summed E-state index contributed by atoms with van der Waals surface area (Å²) in [6.07, 6.45) is 8.99. The van der Waals surface area contributed by atoms with Crippen LogP contribution in [-0.4, -0.2) is 18.4 Å². The lowest BCUT2D eigenvalue weighted by molar-refractivity contribution is -0.150. The molecule has 0 heterocycles. The van der Waals surface area contributed by atoms with E-state index in [9.17, 15) is 9.59 Å². The van der Waals surface area contributed by atoms with Crippen molar-refractivity contribution >= 4 is 11.8 Å². The Morgan fingerprint density at radius 2 is 1.74 bits per heavy atom. The molecule has 3 heteroatoms. The predicted molar refractivity (Wildman–Crippen MR) is 75.8 cm³/mol. The van der Waals surface area contributed by atoms with E-state index in [4.69, 9.17) is 4.74 Å². The second-order valence-corrected chi connectivity index (χ2v) is 5.81. The summed E-state index contributed by atoms with van der Waals surface area (Å²) in [5.74, 6) is 1.20. The Bertz CT molecular complexity index is 278. The zero-order valence-electron chi connectivity index (χ0n) is 12.5. The summed E-state index contributed by atoms with van der Waals surface area (Å²) in [5, 5.41) is 0. The van der Waals surface area contributed by atoms with Crippen LogP contribution in [0.25, 0.3) is 0 Å². The zero-order valence-corrected chi connectivity index (χ0v) is 12.5. The van der Waals surface area contributed by atoms with E-state index in [2.05, 4.69) is 6.92 Å². The summed E-state index contributed by atoms with van der Waals surface area (Å²) in [4.78, 5) is 22.6. The minimum atomic E-state index is 0.00104. The van der Waals surface area contributed by atoms with Gasteiger partial charge in [0.05, 0.1) is 12.5 Å². The maximum atomic E-state index is 11.9. The number of rotatable bonds is 8. The van der Waals surface area contributed by atoms with Crippen LogP contribution in [0.1, 0.15) is 71.6 Å². The maximum absolute atomic E-state index is 11.9. The van der Waals surface area contributed by atoms with Crippen LogP contribution in [0.15, 0.2) is 0 Å². The lowest BCUT2D eigenvalue weighted by Crippen LogP contribution is -2.23. The third kappa shape index (κ3) is 6.74. The molecule has 19 heavy (non-hydrogen) atoms. The number of esters is 1. The summed E-state index contributed by atoms with van der Waals surface area (Å²) in [5.41, 5.74) is 0. The SMILES string of the molecule is CCC1CCC(C(=O)OCCCCCC(C)=O)CC1. The normalized spacial score (nSPS) is 23.1. The molecule has 0 aromatic heterocycles. The largest absolute Gasteiger partial charge is 0.465 e. The Balaban J connectivity index is 2.03. The first-order chi connectivity index (χ1) is 9.13. The molecule has 0 N–H and O–H groups in total. The van der Waals surface area contributed by atoms with Gasteiger partial charge in [-0.25, -0.2) is 0 Å². The van der Waals surface area contributed by atoms with Gasteiger partial charge in [0, 0.05) is 6.42 Å². The molecule has 0 saturated heterocycles. The standard InChI is InChI=1S/C16H28O3/c1-3-14-8-10-15(11-9-14)16(18)19-12-6-4-5-7-13(2)17/h14-15H,3-12H2,1-2H3. The molecule has 1 fully saturated rings. The molecule has 0 unspecified atom stereocenters. The lowest BCUT2D eigenvalue weighted by Gasteiger charge is -2.26. The molecule has 0 radical (unpaired) electrons. The highest BCUT2D eigenvalue weighted by atomic mass is 16.5. The number of ketones is 1. The van der Waals surface area contributed by atoms with Gasteiger partial charge in [-0.15, -0.1) is 0 Å². The first-order valence-electron chi connectivity index (χ1n) is 7.79. The topological polar surface area (TPSA) is 43.4 Å². The fourth-order valence-corrected chi connectivity index (χ4v) is 2.75. The lowest BCUT2D eigenvalue weighted by atomic mass is 9.81. The van der Waals surface area contributed by atoms with Gasteiger partial charge in [0.15, 0.2) is 0 Å². The van der Waals surface area contributed by atoms with Crippen molar-refractivity contribution in [1.82, 2.24) is 0 Å². The molecule has 0 aromatic carbocycles. The van der Waals surface area contributed by atoms with Gasteiger partial charge in [0.2, 0.25) is 0 Å². The average molecular weight is 268 g/mol. The molecular weight excluding hydrogens is 240 g/mol. The molecule has 1 rings (SSSR count). The minimum Gasteiger partial charge on any atom is -0.465 e. The number of hydrogen-bond acceptors (Lipinski definition) is 3. The van der Waals surface area contributed by atoms with Crippen LogP contribution in [0.4, 0.5) is 0 Å². The first-order valence-corrected chi connectivity index (χ1v) is 7.79. The van der Waals surface area contributed by atoms with E-state index in [1.54, 1.807) is 6.92 Å². The third-order valence-corrected chi connectivity index (χ3v) is 4.17. The second kappa shape index (κ2) is 9.11. The minimum absolute atomic E-state index is 0.00104. The molecule has 1 aliphatic rings. The highest BCUT2D eigenvalue weighted by molar-refractivity contribution is 5.75. The van der Waals surface area contributed by atoms with Crippen LogP contribution in [0.3, 0.4) is 0 Å². The number of Topliss-reactive ketones (excluding diaryl/α,β-unsaturated/α-hetero) is 1. The van der Waals surface area contributed by atoms with Gasteiger partial charge in [-0.2, -0.15) is 0 Å². The molecule has 0 bridgehead atoms. The second-order valence-electron chi connectivity index (χ2n) is 5.81. The van der Waals surface area contributed by atoms with Crippen LogP contribution in [0.5, 0.6) is 0 Å². The maximum Gasteiger partial charge on any atom is 0.308 e. The Kier molecular flexibility index (Phi) is 7.76. The summed E-state index contributed by atoms with van der Waals surface area (Å²) in [6, 6.07) is 0. The number of unbranched alkanes of at least 4 members (excludes halogenated alkanes) is 2. The van der Waals surface area contributed by atoms with Crippen molar-refractivity contribution < 1.29 is 14.3 Å². The van der Waals surface area contributed by atoms with E-state index in [-0.39, 0.29) is 17.7 Å². The Morgan fingerprint density at radius 3 is 2.32 bits per heavy atom. The zero-order chi connectivity index (χ0) is 14.1. The predicted octanol–water partition coefficient (Wildman–Crippen LogP) is 3.90. The Labute approximate surface area is 117 Å². The average Bonchev–Trinajstić information content (AvgIpc) is 2.42. The first kappa shape index (κ1) is 16.2. The van der Waals surface area contributed by atoms with Gasteiger partial charge < -0.3 is 9.53 Å². The highest BCUT2D eigenvalue weighted by Gasteiger charge is 2.26. The Morgan fingerprint density at radius 1 is 1.05 bits per heavy atom. The molecule has 3 nitrogen and oxygen atoms in total. The Hall–Kier alpha value is -0.860. The van der Waals surface area contributed by atoms with Crippen molar-refractivity contribution in [2.75, 3.05) is 6.61 Å². The fraction of sp³-hybridized carbons (Fsp3) is 0.875. The monoisotopic (exact) mass is 268 g/mol. The quantitative estimate of drug-likeness (QED) is 0.495. The summed E-state index contributed by atoms with van der Waals surface area (Å²) >= 11 is 0. The van der Waals surface area contributed by atoms with Gasteiger partial charge in [-0.1, -0.05) is 13.3 Å². The number of carbonyl (C=O) groups excluding carboxylic acids is 2. The van der Waals surface area contributed by atoms with Gasteiger partial charge >= 0.3 is 5.97 Å². The van der Waals surface area contributed by atoms with Crippen molar-refractivity contribution in [3.05, 3.63) is 0 Å². The van der Waals surface area contributed by atoms with E-state index < -0.39 is 0 Å². The van der Waals surface area contributed by atoms with Gasteiger partial charge in [0.25, 0.3) is 0 Å². The fourth-order valence-electron chi connectivity index (χ4n) is 2.75. The van der Waals surface area contributed by atoms with E-state index >= 15 is 0 Å². The van der Waals surface area contributed by atoms with Crippen molar-refractivity contribution in [3.8, 4) is 0 Å². The van der Waals surface area contributed by atoms with Crippen LogP contribution >= 0.6 is 0 Å². The van der Waals surface area contributed by atoms with E-state index in [0.29, 0.717) is 13.0 Å². The van der Waals surface area contributed by atoms with Crippen molar-refractivity contribution in [1.29, 1.82) is 0 Å². The van der Waals surface area contributed by atoms with Gasteiger partial charge in [-0.3, -0.25) is 4.79 Å².